The third-order valence-corrected chi connectivity index (χ3v) is 8.20. The molecule has 10 heteroatoms. The van der Waals surface area contributed by atoms with Crippen LogP contribution in [-0.4, -0.2) is 60.2 Å². The van der Waals surface area contributed by atoms with Gasteiger partial charge in [0.05, 0.1) is 17.8 Å². The molecule has 0 unspecified atom stereocenters. The molecule has 3 aromatic heterocycles. The lowest BCUT2D eigenvalue weighted by molar-refractivity contribution is -0.120. The van der Waals surface area contributed by atoms with Gasteiger partial charge < -0.3 is 26.0 Å². The van der Waals surface area contributed by atoms with E-state index in [1.807, 2.05) is 26.0 Å². The van der Waals surface area contributed by atoms with E-state index in [1.165, 1.54) is 18.3 Å². The number of thiophene rings is 1. The molecule has 1 aliphatic carbocycles. The summed E-state index contributed by atoms with van der Waals surface area (Å²) < 4.78 is 5.58. The van der Waals surface area contributed by atoms with Crippen LogP contribution in [0.2, 0.25) is 0 Å². The highest BCUT2D eigenvalue weighted by molar-refractivity contribution is 7.21. The third-order valence-electron chi connectivity index (χ3n) is 7.10. The molecule has 1 aliphatic heterocycles. The van der Waals surface area contributed by atoms with Gasteiger partial charge in [-0.1, -0.05) is 6.07 Å². The second kappa shape index (κ2) is 9.67. The molecule has 1 saturated heterocycles. The number of methoxy groups -OCH3 is 1. The lowest BCUT2D eigenvalue weighted by Gasteiger charge is -2.26. The Balaban J connectivity index is 1.27. The van der Waals surface area contributed by atoms with Crippen molar-refractivity contribution in [3.05, 3.63) is 45.6 Å². The predicted molar refractivity (Wildman–Crippen MR) is 142 cm³/mol. The molecule has 190 valence electrons. The van der Waals surface area contributed by atoms with Gasteiger partial charge in [-0.3, -0.25) is 9.59 Å². The van der Waals surface area contributed by atoms with Crippen molar-refractivity contribution in [3.63, 3.8) is 0 Å². The number of nitrogen functional groups attached to an aromatic ring is 1. The number of hydrogen-bond donors (Lipinski definition) is 3. The van der Waals surface area contributed by atoms with E-state index in [2.05, 4.69) is 26.6 Å². The summed E-state index contributed by atoms with van der Waals surface area (Å²) in [5.41, 5.74) is 11.0. The van der Waals surface area contributed by atoms with Crippen molar-refractivity contribution in [3.8, 4) is 0 Å². The van der Waals surface area contributed by atoms with Crippen LogP contribution >= 0.6 is 11.3 Å². The molecule has 0 spiro atoms. The van der Waals surface area contributed by atoms with E-state index in [4.69, 9.17) is 15.5 Å². The molecule has 0 aromatic carbocycles. The quantitative estimate of drug-likeness (QED) is 0.484. The number of carbonyl (C=O) groups is 2. The Morgan fingerprint density at radius 2 is 2.00 bits per heavy atom. The monoisotopic (exact) mass is 508 g/mol. The normalized spacial score (nSPS) is 21.4. The van der Waals surface area contributed by atoms with Crippen LogP contribution in [0.15, 0.2) is 18.2 Å². The molecule has 3 atom stereocenters. The average molecular weight is 509 g/mol. The number of aryl methyl sites for hydroxylation is 3. The number of anilines is 2. The van der Waals surface area contributed by atoms with E-state index in [1.54, 1.807) is 7.11 Å². The van der Waals surface area contributed by atoms with Crippen molar-refractivity contribution >= 4 is 44.9 Å². The van der Waals surface area contributed by atoms with E-state index in [0.29, 0.717) is 23.7 Å². The largest absolute Gasteiger partial charge is 0.397 e. The maximum absolute atomic E-state index is 13.1. The zero-order valence-electron chi connectivity index (χ0n) is 21.1. The van der Waals surface area contributed by atoms with Crippen molar-refractivity contribution in [1.82, 2.24) is 20.6 Å². The fourth-order valence-corrected chi connectivity index (χ4v) is 6.51. The Kier molecular flexibility index (Phi) is 6.57. The molecule has 0 radical (unpaired) electrons. The molecular weight excluding hydrogens is 476 g/mol. The average Bonchev–Trinajstić information content (AvgIpc) is 3.38. The topological polar surface area (TPSA) is 122 Å². The van der Waals surface area contributed by atoms with Crippen molar-refractivity contribution in [2.24, 2.45) is 0 Å². The summed E-state index contributed by atoms with van der Waals surface area (Å²) in [7, 11) is 1.67. The van der Waals surface area contributed by atoms with Crippen LogP contribution in [-0.2, 0) is 22.4 Å². The number of amides is 2. The van der Waals surface area contributed by atoms with E-state index < -0.39 is 0 Å². The van der Waals surface area contributed by atoms with Gasteiger partial charge in [0, 0.05) is 49.9 Å². The Bertz CT molecular complexity index is 1340. The first-order valence-corrected chi connectivity index (χ1v) is 13.1. The van der Waals surface area contributed by atoms with Crippen molar-refractivity contribution in [1.29, 1.82) is 0 Å². The molecule has 2 amide bonds. The zero-order valence-corrected chi connectivity index (χ0v) is 21.9. The first kappa shape index (κ1) is 24.5. The maximum atomic E-state index is 13.1. The Labute approximate surface area is 214 Å². The molecular formula is C26H32N6O3S. The number of pyridine rings is 2. The van der Waals surface area contributed by atoms with Gasteiger partial charge in [0.25, 0.3) is 5.91 Å². The standard InChI is InChI=1S/C26H32N6O3S/c1-13-9-14(2)28-26-22(13)23(27)24(36-26)25(34)30-17-6-7-18-16(10-17)5-8-21(31-18)32-11-19(29-15(3)33)20(12-32)35-4/h5,8-9,17,19-20H,6-7,10-12,27H2,1-4H3,(H,29,33)(H,30,34)/t17-,19-,20-/m0/s1. The summed E-state index contributed by atoms with van der Waals surface area (Å²) in [5, 5.41) is 7.04. The Morgan fingerprint density at radius 1 is 1.19 bits per heavy atom. The summed E-state index contributed by atoms with van der Waals surface area (Å²) in [4.78, 5) is 37.7. The van der Waals surface area contributed by atoms with Crippen molar-refractivity contribution in [2.45, 2.75) is 58.2 Å². The summed E-state index contributed by atoms with van der Waals surface area (Å²) in [6.45, 7) is 6.81. The summed E-state index contributed by atoms with van der Waals surface area (Å²) in [6, 6.07) is 6.07. The summed E-state index contributed by atoms with van der Waals surface area (Å²) >= 11 is 1.35. The zero-order chi connectivity index (χ0) is 25.6. The second-order valence-corrected chi connectivity index (χ2v) is 10.8. The SMILES string of the molecule is CO[C@H]1CN(c2ccc3c(n2)CC[C@H](NC(=O)c2sc4nc(C)cc(C)c4c2N)C3)C[C@@H]1NC(C)=O. The van der Waals surface area contributed by atoms with Gasteiger partial charge in [0.2, 0.25) is 5.91 Å². The van der Waals surface area contributed by atoms with Gasteiger partial charge in [-0.05, 0) is 56.4 Å². The van der Waals surface area contributed by atoms with E-state index in [0.717, 1.165) is 57.8 Å². The lowest BCUT2D eigenvalue weighted by Crippen LogP contribution is -2.42. The van der Waals surface area contributed by atoms with Crippen molar-refractivity contribution < 1.29 is 14.3 Å². The lowest BCUT2D eigenvalue weighted by atomic mass is 9.91. The Morgan fingerprint density at radius 3 is 2.75 bits per heavy atom. The molecule has 0 saturated carbocycles. The number of rotatable bonds is 5. The predicted octanol–water partition coefficient (Wildman–Crippen LogP) is 2.52. The molecule has 2 aliphatic rings. The smallest absolute Gasteiger partial charge is 0.263 e. The third kappa shape index (κ3) is 4.62. The minimum Gasteiger partial charge on any atom is -0.397 e. The molecule has 1 fully saturated rings. The van der Waals surface area contributed by atoms with Crippen LogP contribution in [0, 0.1) is 13.8 Å². The van der Waals surface area contributed by atoms with E-state index in [-0.39, 0.29) is 30.0 Å². The number of aromatic nitrogens is 2. The highest BCUT2D eigenvalue weighted by Crippen LogP contribution is 2.35. The molecule has 3 aromatic rings. The van der Waals surface area contributed by atoms with E-state index in [9.17, 15) is 9.59 Å². The number of nitrogens with two attached hydrogens (primary N) is 1. The molecule has 36 heavy (non-hydrogen) atoms. The first-order valence-electron chi connectivity index (χ1n) is 12.2. The maximum Gasteiger partial charge on any atom is 0.263 e. The second-order valence-electron chi connectivity index (χ2n) is 9.78. The van der Waals surface area contributed by atoms with Gasteiger partial charge in [-0.2, -0.15) is 0 Å². The summed E-state index contributed by atoms with van der Waals surface area (Å²) in [6.07, 6.45) is 2.25. The van der Waals surface area contributed by atoms with Crippen LogP contribution in [0.3, 0.4) is 0 Å². The number of hydrogen-bond acceptors (Lipinski definition) is 8. The molecule has 4 heterocycles. The van der Waals surface area contributed by atoms with Gasteiger partial charge in [-0.25, -0.2) is 9.97 Å². The van der Waals surface area contributed by atoms with Crippen LogP contribution in [0.25, 0.3) is 10.2 Å². The van der Waals surface area contributed by atoms with Crippen molar-refractivity contribution in [2.75, 3.05) is 30.8 Å². The van der Waals surface area contributed by atoms with Crippen LogP contribution in [0.5, 0.6) is 0 Å². The van der Waals surface area contributed by atoms with Gasteiger partial charge in [0.1, 0.15) is 15.5 Å². The highest BCUT2D eigenvalue weighted by Gasteiger charge is 2.34. The van der Waals surface area contributed by atoms with Gasteiger partial charge in [0.15, 0.2) is 0 Å². The van der Waals surface area contributed by atoms with E-state index >= 15 is 0 Å². The summed E-state index contributed by atoms with van der Waals surface area (Å²) in [5.74, 6) is 0.689. The van der Waals surface area contributed by atoms with Crippen LogP contribution in [0.4, 0.5) is 11.5 Å². The number of nitrogens with one attached hydrogen (secondary N) is 2. The minimum absolute atomic E-state index is 0.0202. The fraction of sp³-hybridized carbons (Fsp3) is 0.462. The highest BCUT2D eigenvalue weighted by atomic mass is 32.1. The van der Waals surface area contributed by atoms with Crippen LogP contribution in [0.1, 0.15) is 45.5 Å². The number of fused-ring (bicyclic) bond motifs is 2. The minimum atomic E-state index is -0.141. The fourth-order valence-electron chi connectivity index (χ4n) is 5.39. The first-order chi connectivity index (χ1) is 17.2. The number of carbonyl (C=O) groups excluding carboxylic acids is 2. The molecule has 4 N–H and O–H groups in total. The molecule has 9 nitrogen and oxygen atoms in total. The Hall–Kier alpha value is -3.24. The molecule has 0 bridgehead atoms. The van der Waals surface area contributed by atoms with Gasteiger partial charge in [-0.15, -0.1) is 11.3 Å². The van der Waals surface area contributed by atoms with Crippen LogP contribution < -0.4 is 21.3 Å². The van der Waals surface area contributed by atoms with Gasteiger partial charge >= 0.3 is 0 Å². The molecule has 5 rings (SSSR count). The number of nitrogens with zero attached hydrogens (tertiary/aromatic N) is 3. The number of ether oxygens (including phenoxy) is 1.